The summed E-state index contributed by atoms with van der Waals surface area (Å²) in [6, 6.07) is 9.80. The van der Waals surface area contributed by atoms with Gasteiger partial charge in [-0.3, -0.25) is 4.72 Å². The van der Waals surface area contributed by atoms with E-state index in [1.54, 1.807) is 19.1 Å². The largest absolute Gasteiger partial charge is 0.495 e. The van der Waals surface area contributed by atoms with Crippen LogP contribution in [0.4, 0.5) is 5.69 Å². The molecule has 9 heteroatoms. The van der Waals surface area contributed by atoms with Gasteiger partial charge in [0.15, 0.2) is 0 Å². The van der Waals surface area contributed by atoms with Crippen molar-refractivity contribution in [2.45, 2.75) is 11.8 Å². The summed E-state index contributed by atoms with van der Waals surface area (Å²) >= 11 is 0. The van der Waals surface area contributed by atoms with Gasteiger partial charge in [-0.1, -0.05) is 12.1 Å². The van der Waals surface area contributed by atoms with Gasteiger partial charge in [0.2, 0.25) is 0 Å². The van der Waals surface area contributed by atoms with Crippen LogP contribution in [0.1, 0.15) is 22.8 Å². The maximum Gasteiger partial charge on any atom is 0.335 e. The van der Waals surface area contributed by atoms with Crippen LogP contribution in [0.25, 0.3) is 6.08 Å². The summed E-state index contributed by atoms with van der Waals surface area (Å²) in [5.41, 5.74) is 0.748. The summed E-state index contributed by atoms with van der Waals surface area (Å²) in [5.74, 6) is -1.71. The summed E-state index contributed by atoms with van der Waals surface area (Å²) in [6.07, 6.45) is 2.81. The first-order valence-electron chi connectivity index (χ1n) is 8.16. The van der Waals surface area contributed by atoms with Crippen molar-refractivity contribution in [1.29, 1.82) is 0 Å². The number of benzene rings is 2. The van der Waals surface area contributed by atoms with Crippen molar-refractivity contribution in [2.75, 3.05) is 18.4 Å². The van der Waals surface area contributed by atoms with E-state index < -0.39 is 22.0 Å². The number of ether oxygens (including phenoxy) is 2. The van der Waals surface area contributed by atoms with Gasteiger partial charge in [-0.25, -0.2) is 18.0 Å². The van der Waals surface area contributed by atoms with Crippen molar-refractivity contribution in [1.82, 2.24) is 0 Å². The summed E-state index contributed by atoms with van der Waals surface area (Å²) in [7, 11) is -2.80. The Balaban J connectivity index is 2.24. The monoisotopic (exact) mass is 405 g/mol. The van der Waals surface area contributed by atoms with Gasteiger partial charge in [-0.15, -0.1) is 0 Å². The van der Waals surface area contributed by atoms with Gasteiger partial charge >= 0.3 is 11.9 Å². The molecule has 8 nitrogen and oxygen atoms in total. The highest BCUT2D eigenvalue weighted by molar-refractivity contribution is 7.92. The van der Waals surface area contributed by atoms with Gasteiger partial charge in [-0.05, 0) is 48.9 Å². The minimum Gasteiger partial charge on any atom is -0.495 e. The van der Waals surface area contributed by atoms with Crippen molar-refractivity contribution in [2.24, 2.45) is 0 Å². The van der Waals surface area contributed by atoms with Crippen molar-refractivity contribution in [3.05, 3.63) is 59.7 Å². The molecule has 0 aliphatic heterocycles. The molecule has 2 aromatic carbocycles. The molecule has 0 aliphatic carbocycles. The minimum absolute atomic E-state index is 0.0199. The Kier molecular flexibility index (Phi) is 6.78. The van der Waals surface area contributed by atoms with Crippen LogP contribution in [-0.4, -0.2) is 39.2 Å². The summed E-state index contributed by atoms with van der Waals surface area (Å²) < 4.78 is 37.5. The van der Waals surface area contributed by atoms with Crippen molar-refractivity contribution in [3.8, 4) is 5.75 Å². The standard InChI is InChI=1S/C19H19NO7S/c1-3-27-18(21)11-6-13-4-8-15(9-5-13)20-28(24,25)17-12-14(19(22)23)7-10-16(17)26-2/h4-12,20H,3H2,1-2H3,(H,22,23)/b11-6+. The van der Waals surface area contributed by atoms with Crippen molar-refractivity contribution in [3.63, 3.8) is 0 Å². The molecule has 0 radical (unpaired) electrons. The third-order valence-electron chi connectivity index (χ3n) is 3.56. The van der Waals surface area contributed by atoms with E-state index in [4.69, 9.17) is 14.6 Å². The molecule has 28 heavy (non-hydrogen) atoms. The quantitative estimate of drug-likeness (QED) is 0.512. The van der Waals surface area contributed by atoms with E-state index in [1.807, 2.05) is 0 Å². The Hall–Kier alpha value is -3.33. The molecule has 0 aromatic heterocycles. The maximum atomic E-state index is 12.7. The normalized spacial score (nSPS) is 11.2. The van der Waals surface area contributed by atoms with E-state index >= 15 is 0 Å². The predicted octanol–water partition coefficient (Wildman–Crippen LogP) is 2.77. The van der Waals surface area contributed by atoms with Crippen LogP contribution in [0.15, 0.2) is 53.4 Å². The number of hydrogen-bond acceptors (Lipinski definition) is 6. The van der Waals surface area contributed by atoms with Gasteiger partial charge < -0.3 is 14.6 Å². The topological polar surface area (TPSA) is 119 Å². The second-order valence-electron chi connectivity index (χ2n) is 5.48. The van der Waals surface area contributed by atoms with Crippen LogP contribution < -0.4 is 9.46 Å². The van der Waals surface area contributed by atoms with Gasteiger partial charge in [-0.2, -0.15) is 0 Å². The number of anilines is 1. The molecule has 2 N–H and O–H groups in total. The SMILES string of the molecule is CCOC(=O)/C=C/c1ccc(NS(=O)(=O)c2cc(C(=O)O)ccc2OC)cc1. The lowest BCUT2D eigenvalue weighted by molar-refractivity contribution is -0.137. The average molecular weight is 405 g/mol. The molecule has 0 saturated carbocycles. The van der Waals surface area contributed by atoms with Gasteiger partial charge in [0.25, 0.3) is 10.0 Å². The third-order valence-corrected chi connectivity index (χ3v) is 4.96. The molecule has 0 heterocycles. The number of nitrogens with one attached hydrogen (secondary N) is 1. The van der Waals surface area contributed by atoms with Crippen molar-refractivity contribution < 1.29 is 32.6 Å². The molecule has 0 amide bonds. The number of aromatic carboxylic acids is 1. The lowest BCUT2D eigenvalue weighted by Gasteiger charge is -2.12. The van der Waals surface area contributed by atoms with Gasteiger partial charge in [0.05, 0.1) is 19.3 Å². The highest BCUT2D eigenvalue weighted by Gasteiger charge is 2.21. The second-order valence-corrected chi connectivity index (χ2v) is 7.13. The number of carboxylic acids is 1. The van der Waals surface area contributed by atoms with E-state index in [0.29, 0.717) is 5.56 Å². The molecule has 148 valence electrons. The zero-order valence-corrected chi connectivity index (χ0v) is 16.0. The zero-order valence-electron chi connectivity index (χ0n) is 15.2. The summed E-state index contributed by atoms with van der Waals surface area (Å²) in [6.45, 7) is 1.98. The first-order chi connectivity index (χ1) is 13.3. The van der Waals surface area contributed by atoms with E-state index in [-0.39, 0.29) is 28.5 Å². The zero-order chi connectivity index (χ0) is 20.7. The minimum atomic E-state index is -4.09. The Bertz CT molecular complexity index is 995. The van der Waals surface area contributed by atoms with Crippen LogP contribution in [0.5, 0.6) is 5.75 Å². The Morgan fingerprint density at radius 2 is 1.82 bits per heavy atom. The molecule has 2 aromatic rings. The van der Waals surface area contributed by atoms with Crippen LogP contribution in [0.2, 0.25) is 0 Å². The molecule has 0 fully saturated rings. The number of methoxy groups -OCH3 is 1. The van der Waals surface area contributed by atoms with Gasteiger partial charge in [0.1, 0.15) is 10.6 Å². The average Bonchev–Trinajstić information content (AvgIpc) is 2.67. The number of carboxylic acid groups (broad SMARTS) is 1. The number of carbonyl (C=O) groups is 2. The first kappa shape index (κ1) is 21.0. The van der Waals surface area contributed by atoms with Crippen LogP contribution >= 0.6 is 0 Å². The number of rotatable bonds is 8. The molecule has 0 atom stereocenters. The third kappa shape index (κ3) is 5.34. The Morgan fingerprint density at radius 1 is 1.14 bits per heavy atom. The number of esters is 1. The molecule has 2 rings (SSSR count). The fraction of sp³-hybridized carbons (Fsp3) is 0.158. The predicted molar refractivity (Wildman–Crippen MR) is 103 cm³/mol. The number of sulfonamides is 1. The lowest BCUT2D eigenvalue weighted by Crippen LogP contribution is -2.15. The van der Waals surface area contributed by atoms with Crippen LogP contribution in [0, 0.1) is 0 Å². The number of carbonyl (C=O) groups excluding carboxylic acids is 1. The lowest BCUT2D eigenvalue weighted by atomic mass is 10.2. The molecule has 0 unspecified atom stereocenters. The molecule has 0 bridgehead atoms. The number of hydrogen-bond donors (Lipinski definition) is 2. The molecule has 0 saturated heterocycles. The summed E-state index contributed by atoms with van der Waals surface area (Å²) in [5, 5.41) is 9.09. The van der Waals surface area contributed by atoms with Crippen molar-refractivity contribution >= 4 is 33.7 Å². The fourth-order valence-electron chi connectivity index (χ4n) is 2.25. The molecule has 0 aliphatic rings. The Labute approximate surface area is 162 Å². The summed E-state index contributed by atoms with van der Waals surface area (Å²) in [4.78, 5) is 22.1. The van der Waals surface area contributed by atoms with Crippen LogP contribution in [-0.2, 0) is 19.6 Å². The van der Waals surface area contributed by atoms with E-state index in [9.17, 15) is 18.0 Å². The maximum absolute atomic E-state index is 12.7. The van der Waals surface area contributed by atoms with E-state index in [0.717, 1.165) is 6.07 Å². The first-order valence-corrected chi connectivity index (χ1v) is 9.64. The highest BCUT2D eigenvalue weighted by Crippen LogP contribution is 2.27. The molecule has 0 spiro atoms. The smallest absolute Gasteiger partial charge is 0.335 e. The fourth-order valence-corrected chi connectivity index (χ4v) is 3.50. The van der Waals surface area contributed by atoms with Crippen LogP contribution in [0.3, 0.4) is 0 Å². The Morgan fingerprint density at radius 3 is 2.39 bits per heavy atom. The second kappa shape index (κ2) is 9.05. The van der Waals surface area contributed by atoms with E-state index in [1.165, 1.54) is 43.5 Å². The highest BCUT2D eigenvalue weighted by atomic mass is 32.2. The van der Waals surface area contributed by atoms with E-state index in [2.05, 4.69) is 4.72 Å². The molecular formula is C19H19NO7S. The van der Waals surface area contributed by atoms with Gasteiger partial charge in [0, 0.05) is 11.8 Å². The molecular weight excluding hydrogens is 386 g/mol.